The molecule has 0 saturated carbocycles. The summed E-state index contributed by atoms with van der Waals surface area (Å²) in [4.78, 5) is 12.7. The lowest BCUT2D eigenvalue weighted by molar-refractivity contribution is -0.917. The van der Waals surface area contributed by atoms with Crippen molar-refractivity contribution < 1.29 is 18.1 Å². The molecule has 1 atom stereocenters. The predicted octanol–water partition coefficient (Wildman–Crippen LogP) is -1.06. The summed E-state index contributed by atoms with van der Waals surface area (Å²) in [6.45, 7) is 3.85. The van der Waals surface area contributed by atoms with Gasteiger partial charge in [-0.15, -0.1) is 0 Å². The van der Waals surface area contributed by atoms with Crippen molar-refractivity contribution in [2.24, 2.45) is 5.73 Å². The molecule has 7 heteroatoms. The molecule has 1 aliphatic heterocycles. The van der Waals surface area contributed by atoms with Crippen molar-refractivity contribution >= 4 is 15.9 Å². The van der Waals surface area contributed by atoms with Crippen molar-refractivity contribution in [3.63, 3.8) is 0 Å². The fourth-order valence-electron chi connectivity index (χ4n) is 3.51. The minimum Gasteiger partial charge on any atom is -0.365 e. The van der Waals surface area contributed by atoms with Gasteiger partial charge in [-0.25, -0.2) is 8.42 Å². The first-order chi connectivity index (χ1) is 10.9. The molecule has 1 amide bonds. The lowest BCUT2D eigenvalue weighted by Gasteiger charge is -2.33. The van der Waals surface area contributed by atoms with Gasteiger partial charge in [-0.05, 0) is 49.4 Å². The number of carbonyl (C=O) groups excluding carboxylic acids is 1. The number of hydrogen-bond donors (Lipinski definition) is 2. The number of rotatable bonds is 4. The molecule has 1 saturated heterocycles. The maximum atomic E-state index is 12.8. The van der Waals surface area contributed by atoms with E-state index in [1.165, 1.54) is 9.87 Å². The Labute approximate surface area is 137 Å². The normalized spacial score (nSPS) is 21.1. The maximum absolute atomic E-state index is 12.8. The maximum Gasteiger partial charge on any atom is 0.275 e. The number of amides is 1. The highest BCUT2D eigenvalue weighted by atomic mass is 32.2. The molecule has 1 fully saturated rings. The van der Waals surface area contributed by atoms with Gasteiger partial charge in [0.1, 0.15) is 0 Å². The SMILES string of the molecule is C[C@H](C(N)=O)[NH+]1CCN(S(=O)(=O)c2ccc3c(c2)CCC3)CC1. The third-order valence-electron chi connectivity index (χ3n) is 5.11. The van der Waals surface area contributed by atoms with Gasteiger partial charge in [0, 0.05) is 0 Å². The number of aryl methyl sites for hydroxylation is 2. The van der Waals surface area contributed by atoms with Gasteiger partial charge in [0.2, 0.25) is 10.0 Å². The number of nitrogens with two attached hydrogens (primary N) is 1. The standard InChI is InChI=1S/C16H23N3O3S/c1-12(16(17)20)18-7-9-19(10-8-18)23(21,22)15-6-5-13-3-2-4-14(13)11-15/h5-6,11-12H,2-4,7-10H2,1H3,(H2,17,20)/p+1/t12-/m1/s1. The minimum absolute atomic E-state index is 0.278. The molecule has 0 unspecified atom stereocenters. The van der Waals surface area contributed by atoms with Crippen molar-refractivity contribution in [3.05, 3.63) is 29.3 Å². The van der Waals surface area contributed by atoms with Gasteiger partial charge < -0.3 is 10.6 Å². The molecule has 0 bridgehead atoms. The Bertz CT molecular complexity index is 709. The molecule has 0 aromatic heterocycles. The molecule has 2 aliphatic rings. The van der Waals surface area contributed by atoms with Crippen LogP contribution in [0.2, 0.25) is 0 Å². The lowest BCUT2D eigenvalue weighted by Crippen LogP contribution is -3.19. The van der Waals surface area contributed by atoms with Gasteiger partial charge in [0.25, 0.3) is 5.91 Å². The first-order valence-electron chi connectivity index (χ1n) is 8.15. The van der Waals surface area contributed by atoms with E-state index >= 15 is 0 Å². The zero-order valence-electron chi connectivity index (χ0n) is 13.4. The summed E-state index contributed by atoms with van der Waals surface area (Å²) in [5, 5.41) is 0. The first-order valence-corrected chi connectivity index (χ1v) is 9.59. The van der Waals surface area contributed by atoms with Crippen molar-refractivity contribution in [3.8, 4) is 0 Å². The van der Waals surface area contributed by atoms with E-state index in [0.29, 0.717) is 31.1 Å². The Balaban J connectivity index is 1.73. The van der Waals surface area contributed by atoms with E-state index < -0.39 is 10.0 Å². The van der Waals surface area contributed by atoms with E-state index in [9.17, 15) is 13.2 Å². The monoisotopic (exact) mass is 338 g/mol. The second-order valence-electron chi connectivity index (χ2n) is 6.47. The quantitative estimate of drug-likeness (QED) is 0.734. The van der Waals surface area contributed by atoms with Crippen LogP contribution in [0.4, 0.5) is 0 Å². The van der Waals surface area contributed by atoms with E-state index in [0.717, 1.165) is 29.7 Å². The first kappa shape index (κ1) is 16.4. The van der Waals surface area contributed by atoms with Crippen molar-refractivity contribution in [1.29, 1.82) is 0 Å². The van der Waals surface area contributed by atoms with Crippen LogP contribution in [0.15, 0.2) is 23.1 Å². The number of benzene rings is 1. The van der Waals surface area contributed by atoms with Crippen LogP contribution in [0.1, 0.15) is 24.5 Å². The Kier molecular flexibility index (Phi) is 4.44. The summed E-state index contributed by atoms with van der Waals surface area (Å²) < 4.78 is 27.2. The van der Waals surface area contributed by atoms with Crippen LogP contribution in [0, 0.1) is 0 Å². The van der Waals surface area contributed by atoms with Gasteiger partial charge in [0.05, 0.1) is 31.1 Å². The zero-order valence-corrected chi connectivity index (χ0v) is 14.2. The number of carbonyl (C=O) groups is 1. The second kappa shape index (κ2) is 6.22. The highest BCUT2D eigenvalue weighted by molar-refractivity contribution is 7.89. The fraction of sp³-hybridized carbons (Fsp3) is 0.562. The molecule has 0 spiro atoms. The highest BCUT2D eigenvalue weighted by Crippen LogP contribution is 2.26. The number of hydrogen-bond acceptors (Lipinski definition) is 3. The molecule has 1 aromatic rings. The van der Waals surface area contributed by atoms with E-state index in [4.69, 9.17) is 5.73 Å². The van der Waals surface area contributed by atoms with Crippen molar-refractivity contribution in [1.82, 2.24) is 4.31 Å². The van der Waals surface area contributed by atoms with Gasteiger partial charge in [-0.2, -0.15) is 4.31 Å². The van der Waals surface area contributed by atoms with Crippen LogP contribution < -0.4 is 10.6 Å². The Morgan fingerprint density at radius 1 is 1.22 bits per heavy atom. The average Bonchev–Trinajstić information content (AvgIpc) is 3.01. The van der Waals surface area contributed by atoms with Crippen LogP contribution in [0.5, 0.6) is 0 Å². The smallest absolute Gasteiger partial charge is 0.275 e. The van der Waals surface area contributed by atoms with E-state index in [1.54, 1.807) is 13.0 Å². The summed E-state index contributed by atoms with van der Waals surface area (Å²) >= 11 is 0. The van der Waals surface area contributed by atoms with E-state index in [2.05, 4.69) is 0 Å². The van der Waals surface area contributed by atoms with Gasteiger partial charge in [-0.1, -0.05) is 6.07 Å². The Hall–Kier alpha value is -1.44. The molecule has 3 N–H and O–H groups in total. The topological polar surface area (TPSA) is 84.9 Å². The Morgan fingerprint density at radius 2 is 1.87 bits per heavy atom. The molecule has 3 rings (SSSR count). The molecular formula is C16H24N3O3S+. The molecule has 23 heavy (non-hydrogen) atoms. The number of nitrogens with one attached hydrogen (secondary N) is 1. The second-order valence-corrected chi connectivity index (χ2v) is 8.41. The van der Waals surface area contributed by atoms with Gasteiger partial charge in [-0.3, -0.25) is 4.79 Å². The average molecular weight is 338 g/mol. The third kappa shape index (κ3) is 3.13. The lowest BCUT2D eigenvalue weighted by atomic mass is 10.1. The summed E-state index contributed by atoms with van der Waals surface area (Å²) in [6, 6.07) is 5.24. The summed E-state index contributed by atoms with van der Waals surface area (Å²) in [5.41, 5.74) is 7.77. The molecule has 0 radical (unpaired) electrons. The van der Waals surface area contributed by atoms with Crippen LogP contribution >= 0.6 is 0 Å². The number of fused-ring (bicyclic) bond motifs is 1. The fourth-order valence-corrected chi connectivity index (χ4v) is 5.00. The zero-order chi connectivity index (χ0) is 16.6. The van der Waals surface area contributed by atoms with E-state index in [1.807, 2.05) is 12.1 Å². The summed E-state index contributed by atoms with van der Waals surface area (Å²) in [6.07, 6.45) is 3.11. The van der Waals surface area contributed by atoms with Crippen LogP contribution in [0.25, 0.3) is 0 Å². The molecular weight excluding hydrogens is 314 g/mol. The van der Waals surface area contributed by atoms with Crippen LogP contribution in [-0.2, 0) is 27.7 Å². The molecule has 1 aliphatic carbocycles. The highest BCUT2D eigenvalue weighted by Gasteiger charge is 2.34. The largest absolute Gasteiger partial charge is 0.365 e. The molecule has 126 valence electrons. The minimum atomic E-state index is -3.45. The number of piperazine rings is 1. The molecule has 1 aromatic carbocycles. The van der Waals surface area contributed by atoms with Gasteiger partial charge >= 0.3 is 0 Å². The van der Waals surface area contributed by atoms with Crippen molar-refractivity contribution in [2.75, 3.05) is 26.2 Å². The summed E-state index contributed by atoms with van der Waals surface area (Å²) in [7, 11) is -3.45. The number of nitrogens with zero attached hydrogens (tertiary/aromatic N) is 1. The third-order valence-corrected chi connectivity index (χ3v) is 7.01. The van der Waals surface area contributed by atoms with Crippen molar-refractivity contribution in [2.45, 2.75) is 37.1 Å². The number of primary amides is 1. The number of sulfonamides is 1. The number of quaternary nitrogens is 1. The van der Waals surface area contributed by atoms with E-state index in [-0.39, 0.29) is 11.9 Å². The van der Waals surface area contributed by atoms with Crippen LogP contribution in [-0.4, -0.2) is 50.9 Å². The summed E-state index contributed by atoms with van der Waals surface area (Å²) in [5.74, 6) is -0.338. The predicted molar refractivity (Wildman–Crippen MR) is 86.6 cm³/mol. The Morgan fingerprint density at radius 3 is 2.52 bits per heavy atom. The van der Waals surface area contributed by atoms with Crippen LogP contribution in [0.3, 0.4) is 0 Å². The molecule has 6 nitrogen and oxygen atoms in total. The molecule has 1 heterocycles. The van der Waals surface area contributed by atoms with Gasteiger partial charge in [0.15, 0.2) is 6.04 Å².